The molecule has 0 aliphatic rings. The molecular formula is C43H61FN2O8Si. The average Bonchev–Trinajstić information content (AvgIpc) is 3.06. The fourth-order valence-corrected chi connectivity index (χ4v) is 6.28. The Bertz CT molecular complexity index is 1740. The van der Waals surface area contributed by atoms with Gasteiger partial charge in [0.1, 0.15) is 40.6 Å². The van der Waals surface area contributed by atoms with E-state index in [1.807, 2.05) is 37.3 Å². The predicted molar refractivity (Wildman–Crippen MR) is 217 cm³/mol. The maximum absolute atomic E-state index is 17.4. The fraction of sp³-hybridized carbons (Fsp3) is 0.512. The highest BCUT2D eigenvalue weighted by Crippen LogP contribution is 2.44. The highest BCUT2D eigenvalue weighted by molar-refractivity contribution is 6.74. The molecule has 0 bridgehead atoms. The van der Waals surface area contributed by atoms with Gasteiger partial charge in [0.15, 0.2) is 14.1 Å². The summed E-state index contributed by atoms with van der Waals surface area (Å²) in [6, 6.07) is 17.0. The van der Waals surface area contributed by atoms with Crippen LogP contribution in [0.4, 0.5) is 19.7 Å². The Labute approximate surface area is 328 Å². The number of anilines is 1. The minimum absolute atomic E-state index is 0.0611. The van der Waals surface area contributed by atoms with Crippen LogP contribution in [0.25, 0.3) is 0 Å². The van der Waals surface area contributed by atoms with E-state index >= 15 is 4.39 Å². The van der Waals surface area contributed by atoms with E-state index in [0.717, 1.165) is 6.42 Å². The van der Waals surface area contributed by atoms with Crippen LogP contribution in [0, 0.1) is 12.7 Å². The molecule has 0 fully saturated rings. The first-order chi connectivity index (χ1) is 25.5. The van der Waals surface area contributed by atoms with Gasteiger partial charge in [-0.25, -0.2) is 18.8 Å². The van der Waals surface area contributed by atoms with Gasteiger partial charge in [-0.2, -0.15) is 4.90 Å². The van der Waals surface area contributed by atoms with E-state index < -0.39 is 49.5 Å². The lowest BCUT2D eigenvalue weighted by atomic mass is 9.94. The molecule has 1 atom stereocenters. The summed E-state index contributed by atoms with van der Waals surface area (Å²) < 4.78 is 47.9. The molecule has 55 heavy (non-hydrogen) atoms. The normalized spacial score (nSPS) is 12.8. The van der Waals surface area contributed by atoms with E-state index in [2.05, 4.69) is 39.2 Å². The van der Waals surface area contributed by atoms with Crippen molar-refractivity contribution in [3.63, 3.8) is 0 Å². The van der Waals surface area contributed by atoms with E-state index in [1.165, 1.54) is 6.92 Å². The largest absolute Gasteiger partial charge is 0.486 e. The van der Waals surface area contributed by atoms with Gasteiger partial charge < -0.3 is 28.7 Å². The Morgan fingerprint density at radius 1 is 0.836 bits per heavy atom. The number of hydrogen-bond donors (Lipinski definition) is 1. The summed E-state index contributed by atoms with van der Waals surface area (Å²) >= 11 is 0. The van der Waals surface area contributed by atoms with Crippen LogP contribution in [-0.2, 0) is 26.9 Å². The molecular weight excluding hydrogens is 720 g/mol. The van der Waals surface area contributed by atoms with Gasteiger partial charge >= 0.3 is 18.2 Å². The fourth-order valence-electron chi connectivity index (χ4n) is 5.23. The number of imide groups is 1. The number of carbonyl (C=O) groups excluding carboxylic acids is 3. The van der Waals surface area contributed by atoms with Crippen LogP contribution in [0.1, 0.15) is 103 Å². The lowest BCUT2D eigenvalue weighted by Crippen LogP contribution is -2.47. The van der Waals surface area contributed by atoms with Crippen LogP contribution < -0.4 is 19.7 Å². The first-order valence-corrected chi connectivity index (χ1v) is 21.8. The first-order valence-electron chi connectivity index (χ1n) is 18.9. The van der Waals surface area contributed by atoms with Crippen molar-refractivity contribution < 1.29 is 42.1 Å². The van der Waals surface area contributed by atoms with Crippen LogP contribution in [0.3, 0.4) is 0 Å². The second-order valence-electron chi connectivity index (χ2n) is 17.2. The minimum Gasteiger partial charge on any atom is -0.486 e. The van der Waals surface area contributed by atoms with Gasteiger partial charge in [-0.05, 0) is 104 Å². The lowest BCUT2D eigenvalue weighted by Gasteiger charge is -2.37. The monoisotopic (exact) mass is 780 g/mol. The van der Waals surface area contributed by atoms with Gasteiger partial charge in [0.25, 0.3) is 0 Å². The van der Waals surface area contributed by atoms with Crippen molar-refractivity contribution >= 4 is 32.2 Å². The molecule has 10 nitrogen and oxygen atoms in total. The number of nitrogens with one attached hydrogen (secondary N) is 1. The SMILES string of the molecule is CCCNC(CO[Si](C)(C)C(C)(C)C)Cc1c(F)c(C)c(C(=O)Oc2ccccc2)c(OCc2ccccc2)c1N(C(=O)OC(C)(C)C)C(=O)OC(C)(C)C. The summed E-state index contributed by atoms with van der Waals surface area (Å²) in [5.41, 5.74) is -2.23. The van der Waals surface area contributed by atoms with Crippen LogP contribution in [-0.4, -0.2) is 56.9 Å². The number of amides is 2. The van der Waals surface area contributed by atoms with Crippen molar-refractivity contribution in [3.05, 3.63) is 88.7 Å². The number of halogens is 1. The van der Waals surface area contributed by atoms with Gasteiger partial charge in [0.2, 0.25) is 0 Å². The minimum atomic E-state index is -2.27. The zero-order valence-electron chi connectivity index (χ0n) is 35.0. The maximum Gasteiger partial charge on any atom is 0.424 e. The summed E-state index contributed by atoms with van der Waals surface area (Å²) in [5, 5.41) is 3.39. The smallest absolute Gasteiger partial charge is 0.424 e. The van der Waals surface area contributed by atoms with Crippen LogP contribution in [0.5, 0.6) is 11.5 Å². The predicted octanol–water partition coefficient (Wildman–Crippen LogP) is 10.5. The van der Waals surface area contributed by atoms with Crippen LogP contribution in [0.2, 0.25) is 18.1 Å². The molecule has 2 amide bonds. The Morgan fingerprint density at radius 3 is 1.85 bits per heavy atom. The molecule has 0 heterocycles. The number of benzene rings is 3. The Hall–Kier alpha value is -4.26. The third-order valence-corrected chi connectivity index (χ3v) is 13.5. The maximum atomic E-state index is 17.4. The number of hydrogen-bond acceptors (Lipinski definition) is 9. The molecule has 0 radical (unpaired) electrons. The van der Waals surface area contributed by atoms with Crippen LogP contribution in [0.15, 0.2) is 60.7 Å². The quantitative estimate of drug-likeness (QED) is 0.0970. The number of rotatable bonds is 14. The first kappa shape index (κ1) is 45.1. The molecule has 1 unspecified atom stereocenters. The van der Waals surface area contributed by atoms with Crippen molar-refractivity contribution in [2.75, 3.05) is 18.1 Å². The average molecular weight is 781 g/mol. The molecule has 0 spiro atoms. The number of para-hydroxylation sites is 1. The topological polar surface area (TPSA) is 113 Å². The molecule has 0 saturated carbocycles. The zero-order valence-corrected chi connectivity index (χ0v) is 36.0. The number of esters is 1. The molecule has 12 heteroatoms. The summed E-state index contributed by atoms with van der Waals surface area (Å²) in [6.07, 6.45) is -1.57. The standard InChI is InChI=1S/C43H61FN2O8Si/c1-14-25-45-31(28-51-55(12,13)43(9,10)11)26-33-35(44)29(2)34(38(47)52-32-23-19-16-20-24-32)37(50-27-30-21-17-15-18-22-30)36(33)46(39(48)53-41(3,4)5)40(49)54-42(6,7)8/h15-24,31,45H,14,25-28H2,1-13H3. The number of carbonyl (C=O) groups is 3. The van der Waals surface area contributed by atoms with E-state index in [1.54, 1.807) is 71.9 Å². The second-order valence-corrected chi connectivity index (χ2v) is 22.0. The van der Waals surface area contributed by atoms with Gasteiger partial charge in [-0.3, -0.25) is 0 Å². The van der Waals surface area contributed by atoms with Crippen molar-refractivity contribution in [1.29, 1.82) is 0 Å². The van der Waals surface area contributed by atoms with Gasteiger partial charge in [-0.15, -0.1) is 0 Å². The zero-order chi connectivity index (χ0) is 41.4. The highest BCUT2D eigenvalue weighted by Gasteiger charge is 2.42. The van der Waals surface area contributed by atoms with Crippen molar-refractivity contribution in [2.24, 2.45) is 0 Å². The summed E-state index contributed by atoms with van der Waals surface area (Å²) in [4.78, 5) is 43.5. The molecule has 302 valence electrons. The second kappa shape index (κ2) is 18.6. The summed E-state index contributed by atoms with van der Waals surface area (Å²) in [7, 11) is -2.27. The number of nitrogens with zero attached hydrogens (tertiary/aromatic N) is 1. The van der Waals surface area contributed by atoms with Gasteiger partial charge in [0.05, 0.1) is 0 Å². The summed E-state index contributed by atoms with van der Waals surface area (Å²) in [5.74, 6) is -1.81. The molecule has 0 aliphatic heterocycles. The molecule has 0 aliphatic carbocycles. The van der Waals surface area contributed by atoms with E-state index in [-0.39, 0.29) is 58.5 Å². The molecule has 3 aromatic carbocycles. The Balaban J connectivity index is 2.46. The summed E-state index contributed by atoms with van der Waals surface area (Å²) in [6.45, 7) is 24.7. The molecule has 0 saturated heterocycles. The third kappa shape index (κ3) is 12.9. The Morgan fingerprint density at radius 2 is 1.36 bits per heavy atom. The van der Waals surface area contributed by atoms with E-state index in [9.17, 15) is 14.4 Å². The van der Waals surface area contributed by atoms with Crippen LogP contribution >= 0.6 is 0 Å². The Kier molecular flexibility index (Phi) is 15.2. The molecule has 3 rings (SSSR count). The highest BCUT2D eigenvalue weighted by atomic mass is 28.4. The van der Waals surface area contributed by atoms with E-state index in [0.29, 0.717) is 17.0 Å². The number of ether oxygens (including phenoxy) is 4. The molecule has 0 aromatic heterocycles. The third-order valence-electron chi connectivity index (χ3n) is 9.04. The van der Waals surface area contributed by atoms with Crippen molar-refractivity contribution in [3.8, 4) is 11.5 Å². The molecule has 1 N–H and O–H groups in total. The molecule has 3 aromatic rings. The van der Waals surface area contributed by atoms with Gasteiger partial charge in [0, 0.05) is 23.8 Å². The lowest BCUT2D eigenvalue weighted by molar-refractivity contribution is 0.0426. The van der Waals surface area contributed by atoms with Gasteiger partial charge in [-0.1, -0.05) is 76.2 Å². The van der Waals surface area contributed by atoms with Crippen molar-refractivity contribution in [2.45, 2.75) is 131 Å². The van der Waals surface area contributed by atoms with E-state index in [4.69, 9.17) is 23.4 Å². The van der Waals surface area contributed by atoms with Crippen molar-refractivity contribution in [1.82, 2.24) is 5.32 Å².